The number of benzene rings is 2. The minimum atomic E-state index is -0.413. The number of rotatable bonds is 7. The molecule has 28 heavy (non-hydrogen) atoms. The molecule has 0 unspecified atom stereocenters. The molecule has 146 valence electrons. The maximum atomic E-state index is 12.1. The maximum absolute atomic E-state index is 12.1. The van der Waals surface area contributed by atoms with Gasteiger partial charge in [-0.2, -0.15) is 5.10 Å². The molecular formula is C20H22N4O4. The fourth-order valence-electron chi connectivity index (χ4n) is 2.27. The predicted octanol–water partition coefficient (Wildman–Crippen LogP) is 2.79. The van der Waals surface area contributed by atoms with E-state index in [9.17, 15) is 14.4 Å². The molecule has 8 nitrogen and oxygen atoms in total. The zero-order valence-electron chi connectivity index (χ0n) is 15.9. The van der Waals surface area contributed by atoms with Gasteiger partial charge in [-0.3, -0.25) is 14.4 Å². The van der Waals surface area contributed by atoms with Gasteiger partial charge in [0.15, 0.2) is 0 Å². The van der Waals surface area contributed by atoms with Crippen molar-refractivity contribution in [1.82, 2.24) is 5.43 Å². The second-order valence-corrected chi connectivity index (χ2v) is 6.00. The molecule has 0 spiro atoms. The molecule has 0 saturated carbocycles. The van der Waals surface area contributed by atoms with Crippen LogP contribution in [0.25, 0.3) is 0 Å². The molecule has 8 heteroatoms. The fraction of sp³-hybridized carbons (Fsp3) is 0.200. The van der Waals surface area contributed by atoms with Gasteiger partial charge in [0.2, 0.25) is 11.8 Å². The van der Waals surface area contributed by atoms with E-state index in [1.807, 2.05) is 0 Å². The summed E-state index contributed by atoms with van der Waals surface area (Å²) >= 11 is 0. The second kappa shape index (κ2) is 9.86. The molecule has 0 heterocycles. The number of carbonyl (C=O) groups is 3. The number of amides is 3. The fourth-order valence-corrected chi connectivity index (χ4v) is 2.27. The van der Waals surface area contributed by atoms with Gasteiger partial charge in [0.25, 0.3) is 5.91 Å². The number of ether oxygens (including phenoxy) is 1. The normalized spacial score (nSPS) is 10.8. The van der Waals surface area contributed by atoms with Crippen LogP contribution in [-0.4, -0.2) is 30.5 Å². The summed E-state index contributed by atoms with van der Waals surface area (Å²) in [5.41, 5.74) is 4.48. The van der Waals surface area contributed by atoms with E-state index in [1.165, 1.54) is 6.92 Å². The van der Waals surface area contributed by atoms with Crippen LogP contribution in [0.3, 0.4) is 0 Å². The van der Waals surface area contributed by atoms with Crippen molar-refractivity contribution in [3.63, 3.8) is 0 Å². The Bertz CT molecular complexity index is 874. The Morgan fingerprint density at radius 2 is 1.46 bits per heavy atom. The van der Waals surface area contributed by atoms with E-state index in [-0.39, 0.29) is 18.2 Å². The summed E-state index contributed by atoms with van der Waals surface area (Å²) in [5.74, 6) is -0.154. The lowest BCUT2D eigenvalue weighted by molar-refractivity contribution is -0.115. The highest BCUT2D eigenvalue weighted by Gasteiger charge is 2.08. The van der Waals surface area contributed by atoms with Gasteiger partial charge in [-0.05, 0) is 55.5 Å². The van der Waals surface area contributed by atoms with Crippen LogP contribution in [0.5, 0.6) is 5.75 Å². The highest BCUT2D eigenvalue weighted by atomic mass is 16.5. The maximum Gasteiger partial charge on any atom is 0.271 e. The Morgan fingerprint density at radius 3 is 2.04 bits per heavy atom. The zero-order chi connectivity index (χ0) is 20.5. The van der Waals surface area contributed by atoms with Crippen molar-refractivity contribution in [3.8, 4) is 5.75 Å². The summed E-state index contributed by atoms with van der Waals surface area (Å²) in [6, 6.07) is 13.3. The molecule has 0 aromatic heterocycles. The third kappa shape index (κ3) is 6.56. The average Bonchev–Trinajstić information content (AvgIpc) is 2.66. The Labute approximate surface area is 163 Å². The first-order chi connectivity index (χ1) is 13.4. The Morgan fingerprint density at radius 1 is 0.893 bits per heavy atom. The standard InChI is InChI=1S/C20H22N4O4/c1-13(12-19(26)22-17-8-10-18(28-3)11-9-17)23-24-20(27)15-4-6-16(7-5-15)21-14(2)25/h4-11H,12H2,1-3H3,(H,21,25)(H,22,26)(H,24,27)/b23-13+. The van der Waals surface area contributed by atoms with Gasteiger partial charge in [-0.1, -0.05) is 0 Å². The van der Waals surface area contributed by atoms with Crippen molar-refractivity contribution >= 4 is 34.8 Å². The molecule has 2 rings (SSSR count). The van der Waals surface area contributed by atoms with Crippen LogP contribution in [0.1, 0.15) is 30.6 Å². The molecule has 0 aliphatic rings. The second-order valence-electron chi connectivity index (χ2n) is 6.00. The topological polar surface area (TPSA) is 109 Å². The first kappa shape index (κ1) is 20.6. The van der Waals surface area contributed by atoms with Crippen molar-refractivity contribution < 1.29 is 19.1 Å². The molecule has 0 saturated heterocycles. The monoisotopic (exact) mass is 382 g/mol. The first-order valence-corrected chi connectivity index (χ1v) is 8.52. The lowest BCUT2D eigenvalue weighted by atomic mass is 10.2. The van der Waals surface area contributed by atoms with E-state index < -0.39 is 5.91 Å². The minimum Gasteiger partial charge on any atom is -0.497 e. The Kier molecular flexibility index (Phi) is 7.27. The lowest BCUT2D eigenvalue weighted by Gasteiger charge is -2.07. The number of hydrogen-bond acceptors (Lipinski definition) is 5. The van der Waals surface area contributed by atoms with E-state index >= 15 is 0 Å². The lowest BCUT2D eigenvalue weighted by Crippen LogP contribution is -2.21. The van der Waals surface area contributed by atoms with Crippen LogP contribution >= 0.6 is 0 Å². The first-order valence-electron chi connectivity index (χ1n) is 8.52. The van der Waals surface area contributed by atoms with Gasteiger partial charge in [0.05, 0.1) is 13.5 Å². The van der Waals surface area contributed by atoms with Crippen LogP contribution in [0, 0.1) is 0 Å². The van der Waals surface area contributed by atoms with E-state index in [2.05, 4.69) is 21.2 Å². The smallest absolute Gasteiger partial charge is 0.271 e. The molecule has 2 aromatic carbocycles. The van der Waals surface area contributed by atoms with Crippen LogP contribution < -0.4 is 20.8 Å². The van der Waals surface area contributed by atoms with Crippen LogP contribution in [0.15, 0.2) is 53.6 Å². The minimum absolute atomic E-state index is 0.0355. The highest BCUT2D eigenvalue weighted by Crippen LogP contribution is 2.15. The number of hydrogen-bond donors (Lipinski definition) is 3. The van der Waals surface area contributed by atoms with Crippen molar-refractivity contribution in [2.24, 2.45) is 5.10 Å². The van der Waals surface area contributed by atoms with E-state index in [1.54, 1.807) is 62.6 Å². The molecule has 2 aromatic rings. The number of nitrogens with one attached hydrogen (secondary N) is 3. The summed E-state index contributed by atoms with van der Waals surface area (Å²) in [4.78, 5) is 35.1. The highest BCUT2D eigenvalue weighted by molar-refractivity contribution is 6.06. The summed E-state index contributed by atoms with van der Waals surface area (Å²) in [6.45, 7) is 3.05. The third-order valence-electron chi connectivity index (χ3n) is 3.61. The van der Waals surface area contributed by atoms with Gasteiger partial charge < -0.3 is 15.4 Å². The average molecular weight is 382 g/mol. The van der Waals surface area contributed by atoms with Crippen molar-refractivity contribution in [1.29, 1.82) is 0 Å². The summed E-state index contributed by atoms with van der Waals surface area (Å²) in [5, 5.41) is 9.31. The van der Waals surface area contributed by atoms with Gasteiger partial charge in [-0.15, -0.1) is 0 Å². The number of carbonyl (C=O) groups excluding carboxylic acids is 3. The number of methoxy groups -OCH3 is 1. The zero-order valence-corrected chi connectivity index (χ0v) is 15.9. The van der Waals surface area contributed by atoms with E-state index in [4.69, 9.17) is 4.74 Å². The van der Waals surface area contributed by atoms with Crippen LogP contribution in [0.2, 0.25) is 0 Å². The summed E-state index contributed by atoms with van der Waals surface area (Å²) < 4.78 is 5.06. The van der Waals surface area contributed by atoms with Gasteiger partial charge in [0.1, 0.15) is 5.75 Å². The largest absolute Gasteiger partial charge is 0.497 e. The Balaban J connectivity index is 1.85. The molecule has 0 aliphatic carbocycles. The van der Waals surface area contributed by atoms with Crippen LogP contribution in [-0.2, 0) is 9.59 Å². The Hall–Kier alpha value is -3.68. The molecular weight excluding hydrogens is 360 g/mol. The van der Waals surface area contributed by atoms with Gasteiger partial charge in [-0.25, -0.2) is 5.43 Å². The summed E-state index contributed by atoms with van der Waals surface area (Å²) in [6.07, 6.45) is 0.0355. The number of nitrogens with zero attached hydrogens (tertiary/aromatic N) is 1. The molecule has 0 atom stereocenters. The predicted molar refractivity (Wildman–Crippen MR) is 108 cm³/mol. The molecule has 0 aliphatic heterocycles. The summed E-state index contributed by atoms with van der Waals surface area (Å²) in [7, 11) is 1.57. The van der Waals surface area contributed by atoms with Gasteiger partial charge >= 0.3 is 0 Å². The molecule has 0 bridgehead atoms. The van der Waals surface area contributed by atoms with E-state index in [0.717, 1.165) is 0 Å². The number of hydrazone groups is 1. The van der Waals surface area contributed by atoms with Crippen molar-refractivity contribution in [2.75, 3.05) is 17.7 Å². The SMILES string of the molecule is COc1ccc(NC(=O)C/C(C)=N/NC(=O)c2ccc(NC(C)=O)cc2)cc1. The van der Waals surface area contributed by atoms with Crippen LogP contribution in [0.4, 0.5) is 11.4 Å². The number of anilines is 2. The molecule has 0 fully saturated rings. The van der Waals surface area contributed by atoms with Gasteiger partial charge in [0, 0.05) is 29.6 Å². The molecule has 0 radical (unpaired) electrons. The van der Waals surface area contributed by atoms with Crippen molar-refractivity contribution in [2.45, 2.75) is 20.3 Å². The molecule has 3 amide bonds. The third-order valence-corrected chi connectivity index (χ3v) is 3.61. The van der Waals surface area contributed by atoms with Crippen molar-refractivity contribution in [3.05, 3.63) is 54.1 Å². The van der Waals surface area contributed by atoms with E-state index in [0.29, 0.717) is 28.4 Å². The molecule has 3 N–H and O–H groups in total. The quantitative estimate of drug-likeness (QED) is 0.505.